The van der Waals surface area contributed by atoms with Gasteiger partial charge in [0.25, 0.3) is 0 Å². The molecule has 4 nitrogen and oxygen atoms in total. The van der Waals surface area contributed by atoms with Gasteiger partial charge in [0.1, 0.15) is 18.5 Å². The number of rotatable bonds is 6. The van der Waals surface area contributed by atoms with Crippen LogP contribution in [0.25, 0.3) is 0 Å². The van der Waals surface area contributed by atoms with Gasteiger partial charge in [-0.05, 0) is 31.2 Å². The highest BCUT2D eigenvalue weighted by atomic mass is 16.5. The summed E-state index contributed by atoms with van der Waals surface area (Å²) in [6.45, 7) is 2.05. The third-order valence-electron chi connectivity index (χ3n) is 2.95. The third-order valence-corrected chi connectivity index (χ3v) is 2.95. The molecule has 4 heteroatoms. The zero-order chi connectivity index (χ0) is 15.1. The molecule has 0 fully saturated rings. The molecule has 0 aliphatic rings. The Kier molecular flexibility index (Phi) is 5.35. The van der Waals surface area contributed by atoms with Crippen molar-refractivity contribution in [2.45, 2.75) is 13.0 Å². The van der Waals surface area contributed by atoms with Gasteiger partial charge in [-0.2, -0.15) is 0 Å². The first-order valence-electron chi connectivity index (χ1n) is 6.85. The minimum absolute atomic E-state index is 0.0271. The van der Waals surface area contributed by atoms with Crippen LogP contribution in [0.3, 0.4) is 0 Å². The molecule has 0 amide bonds. The van der Waals surface area contributed by atoms with E-state index in [1.54, 1.807) is 12.1 Å². The number of aliphatic hydroxyl groups is 1. The summed E-state index contributed by atoms with van der Waals surface area (Å²) in [5.74, 6) is 0.677. The Bertz CT molecular complexity index is 579. The minimum atomic E-state index is -0.843. The first kappa shape index (κ1) is 15.1. The number of hydrogen-bond acceptors (Lipinski definition) is 3. The Balaban J connectivity index is 1.84. The molecule has 110 valence electrons. The first-order valence-corrected chi connectivity index (χ1v) is 6.85. The molecule has 0 aromatic heterocycles. The van der Waals surface area contributed by atoms with Gasteiger partial charge in [-0.25, -0.2) is 4.74 Å². The fourth-order valence-electron chi connectivity index (χ4n) is 1.84. The standard InChI is InChI=1S/C17H19NO3/c1-14-7-9-15(10-8-14)11-18(20)12-16(19)13-21-17-5-3-2-4-6-17/h2-11,16,19H,12-13H2,1H3/b18-11-. The molecule has 0 saturated heterocycles. The van der Waals surface area contributed by atoms with Crippen molar-refractivity contribution in [1.82, 2.24) is 0 Å². The maximum Gasteiger partial charge on any atom is 0.182 e. The van der Waals surface area contributed by atoms with Crippen molar-refractivity contribution in [3.63, 3.8) is 0 Å². The molecular weight excluding hydrogens is 266 g/mol. The van der Waals surface area contributed by atoms with Gasteiger partial charge in [-0.3, -0.25) is 0 Å². The fourth-order valence-corrected chi connectivity index (χ4v) is 1.84. The van der Waals surface area contributed by atoms with Gasteiger partial charge in [-0.15, -0.1) is 0 Å². The molecule has 0 aliphatic heterocycles. The second kappa shape index (κ2) is 7.45. The van der Waals surface area contributed by atoms with Gasteiger partial charge >= 0.3 is 0 Å². The van der Waals surface area contributed by atoms with Crippen LogP contribution in [0.1, 0.15) is 11.1 Å². The van der Waals surface area contributed by atoms with Crippen molar-refractivity contribution in [1.29, 1.82) is 0 Å². The summed E-state index contributed by atoms with van der Waals surface area (Å²) >= 11 is 0. The van der Waals surface area contributed by atoms with E-state index in [1.807, 2.05) is 49.4 Å². The van der Waals surface area contributed by atoms with Crippen LogP contribution in [0, 0.1) is 12.1 Å². The highest BCUT2D eigenvalue weighted by molar-refractivity contribution is 5.75. The van der Waals surface area contributed by atoms with Gasteiger partial charge < -0.3 is 15.1 Å². The molecule has 2 aromatic rings. The zero-order valence-electron chi connectivity index (χ0n) is 12.0. The Morgan fingerprint density at radius 3 is 2.48 bits per heavy atom. The number of aryl methyl sites for hydroxylation is 1. The van der Waals surface area contributed by atoms with Crippen LogP contribution in [0.2, 0.25) is 0 Å². The molecule has 2 rings (SSSR count). The lowest BCUT2D eigenvalue weighted by molar-refractivity contribution is -0.464. The van der Waals surface area contributed by atoms with E-state index >= 15 is 0 Å². The number of benzene rings is 2. The average molecular weight is 285 g/mol. The molecule has 21 heavy (non-hydrogen) atoms. The Morgan fingerprint density at radius 1 is 1.14 bits per heavy atom. The fraction of sp³-hybridized carbons (Fsp3) is 0.235. The van der Waals surface area contributed by atoms with Gasteiger partial charge in [0.05, 0.1) is 0 Å². The SMILES string of the molecule is Cc1ccc(/C=[N+](\[O-])CC(O)COc2ccccc2)cc1. The Morgan fingerprint density at radius 2 is 1.81 bits per heavy atom. The molecule has 0 radical (unpaired) electrons. The smallest absolute Gasteiger partial charge is 0.182 e. The summed E-state index contributed by atoms with van der Waals surface area (Å²) in [4.78, 5) is 0. The summed E-state index contributed by atoms with van der Waals surface area (Å²) in [7, 11) is 0. The second-order valence-electron chi connectivity index (χ2n) is 4.92. The molecular formula is C17H19NO3. The summed E-state index contributed by atoms with van der Waals surface area (Å²) in [5.41, 5.74) is 1.95. The van der Waals surface area contributed by atoms with Crippen LogP contribution in [0.15, 0.2) is 54.6 Å². The lowest BCUT2D eigenvalue weighted by atomic mass is 10.2. The molecule has 1 atom stereocenters. The Labute approximate surface area is 124 Å². The quantitative estimate of drug-likeness (QED) is 0.384. The van der Waals surface area contributed by atoms with Crippen LogP contribution in [-0.4, -0.2) is 35.3 Å². The predicted molar refractivity (Wildman–Crippen MR) is 82.8 cm³/mol. The molecule has 0 saturated carbocycles. The maximum atomic E-state index is 11.8. The van der Waals surface area contributed by atoms with Crippen LogP contribution in [0.5, 0.6) is 5.75 Å². The van der Waals surface area contributed by atoms with Crippen molar-refractivity contribution in [2.75, 3.05) is 13.2 Å². The molecule has 2 aromatic carbocycles. The highest BCUT2D eigenvalue weighted by Crippen LogP contribution is 2.08. The van der Waals surface area contributed by atoms with Crippen LogP contribution >= 0.6 is 0 Å². The number of nitrogens with zero attached hydrogens (tertiary/aromatic N) is 1. The summed E-state index contributed by atoms with van der Waals surface area (Å²) in [6.07, 6.45) is 0.620. The van der Waals surface area contributed by atoms with Crippen molar-refractivity contribution in [3.05, 3.63) is 70.9 Å². The van der Waals surface area contributed by atoms with Gasteiger partial charge in [0.2, 0.25) is 0 Å². The van der Waals surface area contributed by atoms with Crippen molar-refractivity contribution >= 4 is 6.21 Å². The molecule has 1 unspecified atom stereocenters. The van der Waals surface area contributed by atoms with Gasteiger partial charge in [0.15, 0.2) is 12.8 Å². The zero-order valence-corrected chi connectivity index (χ0v) is 12.0. The highest BCUT2D eigenvalue weighted by Gasteiger charge is 2.10. The van der Waals surface area contributed by atoms with Gasteiger partial charge in [-0.1, -0.05) is 35.9 Å². The largest absolute Gasteiger partial charge is 0.624 e. The van der Waals surface area contributed by atoms with E-state index in [1.165, 1.54) is 6.21 Å². The van der Waals surface area contributed by atoms with Crippen molar-refractivity contribution in [2.24, 2.45) is 0 Å². The second-order valence-corrected chi connectivity index (χ2v) is 4.92. The maximum absolute atomic E-state index is 11.8. The van der Waals surface area contributed by atoms with E-state index in [9.17, 15) is 10.3 Å². The lowest BCUT2D eigenvalue weighted by Crippen LogP contribution is -2.27. The normalized spacial score (nSPS) is 13.0. The summed E-state index contributed by atoms with van der Waals surface area (Å²) < 4.78 is 6.13. The van der Waals surface area contributed by atoms with E-state index in [0.717, 1.165) is 15.9 Å². The first-order chi connectivity index (χ1) is 10.1. The summed E-state index contributed by atoms with van der Waals surface area (Å²) in [5, 5.41) is 21.6. The Hall–Kier alpha value is -2.33. The van der Waals surface area contributed by atoms with E-state index in [2.05, 4.69) is 0 Å². The van der Waals surface area contributed by atoms with E-state index in [4.69, 9.17) is 4.74 Å². The average Bonchev–Trinajstić information content (AvgIpc) is 2.48. The summed E-state index contributed by atoms with van der Waals surface area (Å²) in [6, 6.07) is 16.8. The molecule has 0 heterocycles. The van der Waals surface area contributed by atoms with Crippen LogP contribution in [0.4, 0.5) is 0 Å². The number of aliphatic hydroxyl groups excluding tert-OH is 1. The number of hydrogen-bond donors (Lipinski definition) is 1. The number of ether oxygens (including phenoxy) is 1. The van der Waals surface area contributed by atoms with Crippen molar-refractivity contribution in [3.8, 4) is 5.75 Å². The molecule has 0 aliphatic carbocycles. The molecule has 0 spiro atoms. The number of hydroxylamine groups is 1. The van der Waals surface area contributed by atoms with Crippen LogP contribution < -0.4 is 4.74 Å². The monoisotopic (exact) mass is 285 g/mol. The minimum Gasteiger partial charge on any atom is -0.624 e. The number of para-hydroxylation sites is 1. The predicted octanol–water partition coefficient (Wildman–Crippen LogP) is 2.36. The molecule has 0 bridgehead atoms. The van der Waals surface area contributed by atoms with E-state index < -0.39 is 6.10 Å². The third kappa shape index (κ3) is 5.28. The van der Waals surface area contributed by atoms with E-state index in [0.29, 0.717) is 5.75 Å². The lowest BCUT2D eigenvalue weighted by Gasteiger charge is -2.12. The molecule has 1 N–H and O–H groups in total. The van der Waals surface area contributed by atoms with Gasteiger partial charge in [0, 0.05) is 5.56 Å². The van der Waals surface area contributed by atoms with E-state index in [-0.39, 0.29) is 13.2 Å². The topological polar surface area (TPSA) is 55.5 Å². The van der Waals surface area contributed by atoms with Crippen molar-refractivity contribution < 1.29 is 14.6 Å². The van der Waals surface area contributed by atoms with Crippen LogP contribution in [-0.2, 0) is 0 Å².